The van der Waals surface area contributed by atoms with E-state index < -0.39 is 0 Å². The third-order valence-corrected chi connectivity index (χ3v) is 11.3. The third-order valence-electron chi connectivity index (χ3n) is 10.2. The van der Waals surface area contributed by atoms with Crippen LogP contribution in [0.1, 0.15) is 0 Å². The Hall–Kier alpha value is -6.36. The first-order valence-corrected chi connectivity index (χ1v) is 17.7. The van der Waals surface area contributed by atoms with Crippen molar-refractivity contribution in [2.24, 2.45) is 0 Å². The Kier molecular flexibility index (Phi) is 5.83. The summed E-state index contributed by atoms with van der Waals surface area (Å²) in [5, 5.41) is 11.2. The highest BCUT2D eigenvalue weighted by Gasteiger charge is 2.20. The summed E-state index contributed by atoms with van der Waals surface area (Å²) < 4.78 is 4.91. The minimum absolute atomic E-state index is 0.668. The van der Waals surface area contributed by atoms with Crippen LogP contribution in [-0.4, -0.2) is 14.5 Å². The zero-order valence-corrected chi connectivity index (χ0v) is 27.7. The van der Waals surface area contributed by atoms with Gasteiger partial charge in [-0.05, 0) is 69.1 Å². The number of aromatic nitrogens is 3. The van der Waals surface area contributed by atoms with Gasteiger partial charge in [-0.25, -0.2) is 9.97 Å². The van der Waals surface area contributed by atoms with E-state index in [1.807, 2.05) is 11.3 Å². The normalized spacial score (nSPS) is 12.0. The zero-order chi connectivity index (χ0) is 32.8. The molecule has 8 aromatic carbocycles. The van der Waals surface area contributed by atoms with Gasteiger partial charge < -0.3 is 0 Å². The van der Waals surface area contributed by atoms with E-state index in [2.05, 4.69) is 168 Å². The Morgan fingerprint density at radius 3 is 1.92 bits per heavy atom. The summed E-state index contributed by atoms with van der Waals surface area (Å²) >= 11 is 1.87. The zero-order valence-electron chi connectivity index (χ0n) is 26.8. The molecule has 3 aromatic heterocycles. The molecule has 11 rings (SSSR count). The predicted octanol–water partition coefficient (Wildman–Crippen LogP) is 12.7. The van der Waals surface area contributed by atoms with Crippen LogP contribution >= 0.6 is 11.3 Å². The molecule has 50 heavy (non-hydrogen) atoms. The van der Waals surface area contributed by atoms with Crippen LogP contribution < -0.4 is 0 Å². The van der Waals surface area contributed by atoms with Crippen LogP contribution in [0.5, 0.6) is 0 Å². The fraction of sp³-hybridized carbons (Fsp3) is 0. The maximum atomic E-state index is 5.39. The maximum absolute atomic E-state index is 5.39. The fourth-order valence-electron chi connectivity index (χ4n) is 7.99. The van der Waals surface area contributed by atoms with Crippen LogP contribution in [0.3, 0.4) is 0 Å². The Morgan fingerprint density at radius 1 is 0.380 bits per heavy atom. The smallest absolute Gasteiger partial charge is 0.235 e. The van der Waals surface area contributed by atoms with Crippen LogP contribution in [0, 0.1) is 0 Å². The topological polar surface area (TPSA) is 30.7 Å². The van der Waals surface area contributed by atoms with E-state index in [4.69, 9.17) is 9.97 Å². The van der Waals surface area contributed by atoms with Crippen molar-refractivity contribution in [3.63, 3.8) is 0 Å². The van der Waals surface area contributed by atoms with Gasteiger partial charge >= 0.3 is 0 Å². The first kappa shape index (κ1) is 27.6. The molecule has 0 aliphatic carbocycles. The summed E-state index contributed by atoms with van der Waals surface area (Å²) in [4.78, 5) is 10.6. The highest BCUT2D eigenvalue weighted by Crippen LogP contribution is 2.43. The molecule has 0 aliphatic heterocycles. The van der Waals surface area contributed by atoms with E-state index in [-0.39, 0.29) is 0 Å². The average molecular weight is 654 g/mol. The Morgan fingerprint density at radius 2 is 1.04 bits per heavy atom. The number of hydrogen-bond donors (Lipinski definition) is 0. The largest absolute Gasteiger partial charge is 0.278 e. The molecule has 0 spiro atoms. The van der Waals surface area contributed by atoms with Gasteiger partial charge in [0.15, 0.2) is 0 Å². The van der Waals surface area contributed by atoms with Gasteiger partial charge in [-0.3, -0.25) is 4.57 Å². The molecule has 0 aliphatic rings. The average Bonchev–Trinajstić information content (AvgIpc) is 3.74. The lowest BCUT2D eigenvalue weighted by atomic mass is 9.96. The summed E-state index contributed by atoms with van der Waals surface area (Å²) in [7, 11) is 0. The Labute approximate surface area is 291 Å². The molecule has 0 unspecified atom stereocenters. The number of rotatable bonds is 3. The lowest BCUT2D eigenvalue weighted by molar-refractivity contribution is 1.01. The number of hydrogen-bond acceptors (Lipinski definition) is 3. The van der Waals surface area contributed by atoms with Crippen molar-refractivity contribution in [1.82, 2.24) is 14.5 Å². The molecule has 0 bridgehead atoms. The standard InChI is InChI=1S/C46H27N3S/c1-2-11-28(12-3-1)29-13-10-14-30(27-29)45-35-15-4-7-18-38(35)47-46(48-45)49-39-19-8-5-16-36(39)43-33-21-22-34-32(31(33)23-25-40(43)49)24-26-42-44(34)37-17-6-9-20-41(37)50-42/h1-27H. The van der Waals surface area contributed by atoms with Crippen molar-refractivity contribution in [1.29, 1.82) is 0 Å². The molecular weight excluding hydrogens is 627 g/mol. The summed E-state index contributed by atoms with van der Waals surface area (Å²) in [6.07, 6.45) is 0. The van der Waals surface area contributed by atoms with Crippen LogP contribution in [0.4, 0.5) is 0 Å². The van der Waals surface area contributed by atoms with Crippen LogP contribution in [0.2, 0.25) is 0 Å². The first-order chi connectivity index (χ1) is 24.8. The number of thiophene rings is 1. The maximum Gasteiger partial charge on any atom is 0.235 e. The molecule has 3 nitrogen and oxygen atoms in total. The summed E-state index contributed by atoms with van der Waals surface area (Å²) in [5.74, 6) is 0.668. The first-order valence-electron chi connectivity index (χ1n) is 16.9. The molecule has 0 saturated carbocycles. The number of nitrogens with zero attached hydrogens (tertiary/aromatic N) is 3. The highest BCUT2D eigenvalue weighted by molar-refractivity contribution is 7.26. The van der Waals surface area contributed by atoms with Gasteiger partial charge in [-0.15, -0.1) is 11.3 Å². The Bertz CT molecular complexity index is 3150. The van der Waals surface area contributed by atoms with Crippen LogP contribution in [0.25, 0.3) is 103 Å². The van der Waals surface area contributed by atoms with E-state index in [0.717, 1.165) is 38.8 Å². The second kappa shape index (κ2) is 10.6. The van der Waals surface area contributed by atoms with Crippen LogP contribution in [0.15, 0.2) is 164 Å². The quantitative estimate of drug-likeness (QED) is 0.178. The van der Waals surface area contributed by atoms with E-state index in [0.29, 0.717) is 5.95 Å². The monoisotopic (exact) mass is 653 g/mol. The molecule has 0 saturated heterocycles. The van der Waals surface area contributed by atoms with Crippen molar-refractivity contribution in [2.75, 3.05) is 0 Å². The molecule has 3 heterocycles. The van der Waals surface area contributed by atoms with Gasteiger partial charge in [0.2, 0.25) is 5.95 Å². The SMILES string of the molecule is c1ccc(-c2cccc(-c3nc(-n4c5ccccc5c5c6ccc7c(ccc8sc9ccccc9c87)c6ccc54)nc4ccccc34)c2)cc1. The van der Waals surface area contributed by atoms with Gasteiger partial charge in [0.1, 0.15) is 0 Å². The van der Waals surface area contributed by atoms with Crippen molar-refractivity contribution in [2.45, 2.75) is 0 Å². The van der Waals surface area contributed by atoms with Crippen molar-refractivity contribution < 1.29 is 0 Å². The lowest BCUT2D eigenvalue weighted by Crippen LogP contribution is -2.03. The molecule has 0 amide bonds. The molecule has 11 aromatic rings. The summed E-state index contributed by atoms with van der Waals surface area (Å²) in [6, 6.07) is 58.8. The van der Waals surface area contributed by atoms with Gasteiger partial charge in [0, 0.05) is 41.9 Å². The fourth-order valence-corrected chi connectivity index (χ4v) is 9.11. The molecule has 0 atom stereocenters. The van der Waals surface area contributed by atoms with Gasteiger partial charge in [-0.1, -0.05) is 127 Å². The lowest BCUT2D eigenvalue weighted by Gasteiger charge is -2.13. The summed E-state index contributed by atoms with van der Waals surface area (Å²) in [5.41, 5.74) is 7.44. The van der Waals surface area contributed by atoms with Crippen LogP contribution in [-0.2, 0) is 0 Å². The van der Waals surface area contributed by atoms with E-state index in [1.165, 1.54) is 58.1 Å². The highest BCUT2D eigenvalue weighted by atomic mass is 32.1. The molecule has 0 fully saturated rings. The van der Waals surface area contributed by atoms with Crippen molar-refractivity contribution in [3.8, 4) is 28.3 Å². The molecular formula is C46H27N3S. The number of fused-ring (bicyclic) bond motifs is 12. The molecule has 0 N–H and O–H groups in total. The number of para-hydroxylation sites is 2. The third kappa shape index (κ3) is 3.97. The second-order valence-electron chi connectivity index (χ2n) is 12.9. The molecule has 0 radical (unpaired) electrons. The van der Waals surface area contributed by atoms with Gasteiger partial charge in [0.25, 0.3) is 0 Å². The van der Waals surface area contributed by atoms with Crippen molar-refractivity contribution in [3.05, 3.63) is 164 Å². The second-order valence-corrected chi connectivity index (χ2v) is 14.0. The minimum Gasteiger partial charge on any atom is -0.278 e. The number of benzene rings is 8. The van der Waals surface area contributed by atoms with Gasteiger partial charge in [0.05, 0.1) is 22.2 Å². The van der Waals surface area contributed by atoms with Gasteiger partial charge in [-0.2, -0.15) is 0 Å². The van der Waals surface area contributed by atoms with E-state index in [9.17, 15) is 0 Å². The molecule has 232 valence electrons. The van der Waals surface area contributed by atoms with E-state index >= 15 is 0 Å². The predicted molar refractivity (Wildman–Crippen MR) is 213 cm³/mol. The minimum atomic E-state index is 0.668. The van der Waals surface area contributed by atoms with E-state index in [1.54, 1.807) is 0 Å². The molecule has 4 heteroatoms. The Balaban J connectivity index is 1.19. The summed E-state index contributed by atoms with van der Waals surface area (Å²) in [6.45, 7) is 0. The van der Waals surface area contributed by atoms with Crippen molar-refractivity contribution >= 4 is 85.8 Å².